The van der Waals surface area contributed by atoms with Crippen molar-refractivity contribution < 1.29 is 19.3 Å². The van der Waals surface area contributed by atoms with Gasteiger partial charge in [0.05, 0.1) is 11.3 Å². The third-order valence-corrected chi connectivity index (χ3v) is 7.16. The Hall–Kier alpha value is -3.06. The van der Waals surface area contributed by atoms with Crippen LogP contribution >= 0.6 is 11.8 Å². The highest BCUT2D eigenvalue weighted by Crippen LogP contribution is 2.43. The van der Waals surface area contributed by atoms with Crippen LogP contribution < -0.4 is 9.47 Å². The predicted molar refractivity (Wildman–Crippen MR) is 123 cm³/mol. The van der Waals surface area contributed by atoms with Crippen molar-refractivity contribution in [2.24, 2.45) is 5.92 Å². The number of fused-ring (bicyclic) bond motifs is 1. The molecule has 3 heterocycles. The standard InChI is InChI=1S/C24H25N3O3S/c1-16-22(28)27-21(24(29)30)19(15-31-23(16)27)14-26-12-10-18(11-13-26)5-4-17-6-8-20(9-7-17)25(2)3/h4-13,16,23H,14-15H2,1-3H3/p+1. The van der Waals surface area contributed by atoms with E-state index in [1.165, 1.54) is 4.90 Å². The van der Waals surface area contributed by atoms with Crippen LogP contribution in [-0.4, -0.2) is 47.1 Å². The van der Waals surface area contributed by atoms with Crippen molar-refractivity contribution in [2.45, 2.75) is 18.8 Å². The number of carbonyl (C=O) groups excluding carboxylic acids is 1. The second kappa shape index (κ2) is 8.59. The number of carbonyl (C=O) groups is 2. The van der Waals surface area contributed by atoms with Crippen LogP contribution in [0.2, 0.25) is 0 Å². The smallest absolute Gasteiger partial charge is 0.352 e. The Bertz CT molecular complexity index is 1060. The summed E-state index contributed by atoms with van der Waals surface area (Å²) in [5.41, 5.74) is 4.27. The molecule has 2 aliphatic heterocycles. The molecular weight excluding hydrogens is 410 g/mol. The maximum absolute atomic E-state index is 12.2. The van der Waals surface area contributed by atoms with E-state index in [4.69, 9.17) is 0 Å². The summed E-state index contributed by atoms with van der Waals surface area (Å²) < 4.78 is 1.95. The van der Waals surface area contributed by atoms with E-state index in [0.717, 1.165) is 22.4 Å². The molecule has 0 spiro atoms. The van der Waals surface area contributed by atoms with Gasteiger partial charge in [-0.25, -0.2) is 9.36 Å². The van der Waals surface area contributed by atoms with Crippen molar-refractivity contribution >= 4 is 41.5 Å². The highest BCUT2D eigenvalue weighted by atomic mass is 32.2. The number of benzene rings is 1. The first-order valence-corrected chi connectivity index (χ1v) is 11.2. The average Bonchev–Trinajstić information content (AvgIpc) is 2.77. The minimum absolute atomic E-state index is 0.0494. The summed E-state index contributed by atoms with van der Waals surface area (Å²) in [6, 6.07) is 12.3. The summed E-state index contributed by atoms with van der Waals surface area (Å²) in [7, 11) is 4.04. The number of nitrogens with zero attached hydrogens (tertiary/aromatic N) is 3. The van der Waals surface area contributed by atoms with E-state index in [0.29, 0.717) is 12.3 Å². The van der Waals surface area contributed by atoms with Gasteiger partial charge in [0.1, 0.15) is 5.70 Å². The zero-order valence-corrected chi connectivity index (χ0v) is 18.7. The summed E-state index contributed by atoms with van der Waals surface area (Å²) in [5, 5.41) is 9.65. The zero-order valence-electron chi connectivity index (χ0n) is 17.9. The van der Waals surface area contributed by atoms with Crippen molar-refractivity contribution in [2.75, 3.05) is 24.7 Å². The van der Waals surface area contributed by atoms with E-state index in [2.05, 4.69) is 41.3 Å². The Balaban J connectivity index is 1.47. The Kier molecular flexibility index (Phi) is 5.87. The molecule has 1 amide bonds. The number of hydrogen-bond donors (Lipinski definition) is 1. The Morgan fingerprint density at radius 1 is 1.16 bits per heavy atom. The highest BCUT2D eigenvalue weighted by molar-refractivity contribution is 8.00. The van der Waals surface area contributed by atoms with Crippen molar-refractivity contribution in [3.05, 3.63) is 71.2 Å². The number of aliphatic carboxylic acids is 1. The lowest BCUT2D eigenvalue weighted by Crippen LogP contribution is -2.60. The van der Waals surface area contributed by atoms with Crippen LogP contribution in [0.4, 0.5) is 5.69 Å². The molecule has 1 aromatic carbocycles. The number of thioether (sulfide) groups is 1. The number of amides is 1. The van der Waals surface area contributed by atoms with Gasteiger partial charge in [0.2, 0.25) is 5.91 Å². The van der Waals surface area contributed by atoms with Crippen LogP contribution in [0.25, 0.3) is 12.2 Å². The predicted octanol–water partition coefficient (Wildman–Crippen LogP) is 3.10. The fraction of sp³-hybridized carbons (Fsp3) is 0.292. The summed E-state index contributed by atoms with van der Waals surface area (Å²) in [5.74, 6) is -0.617. The van der Waals surface area contributed by atoms with E-state index in [1.54, 1.807) is 11.8 Å². The van der Waals surface area contributed by atoms with Gasteiger partial charge in [0, 0.05) is 43.2 Å². The second-order valence-corrected chi connectivity index (χ2v) is 9.18. The number of pyridine rings is 1. The van der Waals surface area contributed by atoms with Crippen LogP contribution in [-0.2, 0) is 16.1 Å². The molecule has 6 nitrogen and oxygen atoms in total. The van der Waals surface area contributed by atoms with Crippen molar-refractivity contribution in [1.29, 1.82) is 0 Å². The normalized spacial score (nSPS) is 20.6. The summed E-state index contributed by atoms with van der Waals surface area (Å²) >= 11 is 1.64. The highest BCUT2D eigenvalue weighted by Gasteiger charge is 2.51. The molecule has 2 aromatic rings. The van der Waals surface area contributed by atoms with Gasteiger partial charge in [-0.1, -0.05) is 31.2 Å². The monoisotopic (exact) mass is 436 g/mol. The van der Waals surface area contributed by atoms with Gasteiger partial charge in [-0.05, 0) is 23.3 Å². The van der Waals surface area contributed by atoms with E-state index >= 15 is 0 Å². The van der Waals surface area contributed by atoms with Crippen molar-refractivity contribution in [3.63, 3.8) is 0 Å². The van der Waals surface area contributed by atoms with Crippen LogP contribution in [0.3, 0.4) is 0 Å². The van der Waals surface area contributed by atoms with Gasteiger partial charge in [-0.2, -0.15) is 0 Å². The zero-order chi connectivity index (χ0) is 22.1. The number of hydrogen-bond acceptors (Lipinski definition) is 4. The topological polar surface area (TPSA) is 64.7 Å². The molecule has 2 unspecified atom stereocenters. The molecule has 0 radical (unpaired) electrons. The first kappa shape index (κ1) is 21.2. The fourth-order valence-electron chi connectivity index (χ4n) is 3.85. The van der Waals surface area contributed by atoms with Gasteiger partial charge in [-0.3, -0.25) is 9.69 Å². The lowest BCUT2D eigenvalue weighted by Gasteiger charge is -2.48. The molecule has 2 atom stereocenters. The Morgan fingerprint density at radius 2 is 1.77 bits per heavy atom. The number of carboxylic acid groups (broad SMARTS) is 1. The quantitative estimate of drug-likeness (QED) is 0.557. The molecule has 0 saturated carbocycles. The van der Waals surface area contributed by atoms with Gasteiger partial charge in [0.25, 0.3) is 0 Å². The number of rotatable bonds is 6. The maximum Gasteiger partial charge on any atom is 0.352 e. The SMILES string of the molecule is CC1C(=O)N2C(C(=O)O)=C(C[n+]3ccc(/C=C/c4ccc(N(C)C)cc4)cc3)CSC12. The Labute approximate surface area is 186 Å². The van der Waals surface area contributed by atoms with Crippen LogP contribution in [0.5, 0.6) is 0 Å². The molecule has 0 aliphatic carbocycles. The van der Waals surface area contributed by atoms with E-state index in [1.807, 2.05) is 50.1 Å². The molecule has 1 fully saturated rings. The van der Waals surface area contributed by atoms with Gasteiger partial charge in [0.15, 0.2) is 18.9 Å². The van der Waals surface area contributed by atoms with Gasteiger partial charge >= 0.3 is 5.97 Å². The molecule has 2 aliphatic rings. The molecule has 4 rings (SSSR count). The van der Waals surface area contributed by atoms with E-state index < -0.39 is 5.97 Å². The lowest BCUT2D eigenvalue weighted by molar-refractivity contribution is -0.689. The molecular formula is C24H26N3O3S+. The summed E-state index contributed by atoms with van der Waals surface area (Å²) in [6.07, 6.45) is 8.01. The van der Waals surface area contributed by atoms with Crippen molar-refractivity contribution in [3.8, 4) is 0 Å². The van der Waals surface area contributed by atoms with Crippen LogP contribution in [0, 0.1) is 5.92 Å². The Morgan fingerprint density at radius 3 is 2.35 bits per heavy atom. The minimum atomic E-state index is -1.03. The average molecular weight is 437 g/mol. The molecule has 1 aromatic heterocycles. The van der Waals surface area contributed by atoms with Gasteiger partial charge in [-0.15, -0.1) is 11.8 Å². The minimum Gasteiger partial charge on any atom is -0.477 e. The third-order valence-electron chi connectivity index (χ3n) is 5.68. The fourth-order valence-corrected chi connectivity index (χ4v) is 5.21. The summed E-state index contributed by atoms with van der Waals surface area (Å²) in [6.45, 7) is 2.31. The molecule has 160 valence electrons. The summed E-state index contributed by atoms with van der Waals surface area (Å²) in [4.78, 5) is 27.6. The molecule has 31 heavy (non-hydrogen) atoms. The molecule has 1 saturated heterocycles. The van der Waals surface area contributed by atoms with Gasteiger partial charge < -0.3 is 10.0 Å². The van der Waals surface area contributed by atoms with E-state index in [-0.39, 0.29) is 22.9 Å². The number of aromatic nitrogens is 1. The molecule has 0 bridgehead atoms. The first-order valence-electron chi connectivity index (χ1n) is 10.2. The molecule has 7 heteroatoms. The molecule has 1 N–H and O–H groups in total. The third kappa shape index (κ3) is 4.23. The maximum atomic E-state index is 12.2. The largest absolute Gasteiger partial charge is 0.477 e. The van der Waals surface area contributed by atoms with Crippen LogP contribution in [0.15, 0.2) is 60.1 Å². The van der Waals surface area contributed by atoms with Crippen LogP contribution in [0.1, 0.15) is 18.1 Å². The number of anilines is 1. The van der Waals surface area contributed by atoms with E-state index in [9.17, 15) is 14.7 Å². The van der Waals surface area contributed by atoms with Crippen molar-refractivity contribution in [1.82, 2.24) is 4.90 Å². The number of β-lactam (4-membered cyclic amide) rings is 1. The lowest BCUT2D eigenvalue weighted by atomic mass is 9.97. The number of carboxylic acids is 1. The second-order valence-electron chi connectivity index (χ2n) is 8.08. The first-order chi connectivity index (χ1) is 14.8.